The Morgan fingerprint density at radius 1 is 1.26 bits per heavy atom. The van der Waals surface area contributed by atoms with E-state index in [0.717, 1.165) is 50.3 Å². The molecule has 27 heavy (non-hydrogen) atoms. The summed E-state index contributed by atoms with van der Waals surface area (Å²) in [7, 11) is 0. The molecule has 3 rings (SSSR count). The van der Waals surface area contributed by atoms with Gasteiger partial charge >= 0.3 is 0 Å². The lowest BCUT2D eigenvalue weighted by Gasteiger charge is -2.30. The Balaban J connectivity index is 1.62. The van der Waals surface area contributed by atoms with Crippen LogP contribution in [0.4, 0.5) is 0 Å². The molecule has 3 heterocycles. The summed E-state index contributed by atoms with van der Waals surface area (Å²) in [4.78, 5) is 29.4. The largest absolute Gasteiger partial charge is 0.335 e. The van der Waals surface area contributed by atoms with E-state index in [1.54, 1.807) is 19.3 Å². The Hall–Kier alpha value is -2.28. The highest BCUT2D eigenvalue weighted by Gasteiger charge is 2.25. The van der Waals surface area contributed by atoms with Gasteiger partial charge in [-0.1, -0.05) is 0 Å². The first kappa shape index (κ1) is 19.5. The fourth-order valence-electron chi connectivity index (χ4n) is 3.85. The topological polar surface area (TPSA) is 67.2 Å². The van der Waals surface area contributed by atoms with Gasteiger partial charge in [0.2, 0.25) is 5.91 Å². The van der Waals surface area contributed by atoms with Crippen molar-refractivity contribution in [2.75, 3.05) is 13.1 Å². The monoisotopic (exact) mass is 370 g/mol. The second-order valence-electron chi connectivity index (χ2n) is 7.60. The third-order valence-electron chi connectivity index (χ3n) is 5.27. The molecule has 0 radical (unpaired) electrons. The van der Waals surface area contributed by atoms with Crippen LogP contribution in [0.5, 0.6) is 0 Å². The fourth-order valence-corrected chi connectivity index (χ4v) is 3.85. The minimum Gasteiger partial charge on any atom is -0.335 e. The summed E-state index contributed by atoms with van der Waals surface area (Å²) in [5.41, 5.74) is 0.979. The zero-order valence-corrected chi connectivity index (χ0v) is 16.6. The van der Waals surface area contributed by atoms with Gasteiger partial charge in [0.25, 0.3) is 0 Å². The summed E-state index contributed by atoms with van der Waals surface area (Å²) in [6.07, 6.45) is 12.1. The molecule has 2 aromatic rings. The highest BCUT2D eigenvalue weighted by molar-refractivity contribution is 5.73. The number of amides is 1. The Labute approximate surface area is 161 Å². The summed E-state index contributed by atoms with van der Waals surface area (Å²) in [6, 6.07) is 0.682. The summed E-state index contributed by atoms with van der Waals surface area (Å²) < 4.78 is 2.24. The molecular weight excluding hydrogens is 340 g/mol. The van der Waals surface area contributed by atoms with Crippen molar-refractivity contribution in [1.82, 2.24) is 29.3 Å². The van der Waals surface area contributed by atoms with Gasteiger partial charge in [0.05, 0.1) is 6.54 Å². The Morgan fingerprint density at radius 2 is 2.04 bits per heavy atom. The molecule has 0 N–H and O–H groups in total. The van der Waals surface area contributed by atoms with Crippen LogP contribution in [0.15, 0.2) is 31.1 Å². The molecule has 2 aromatic heterocycles. The molecule has 1 aliphatic heterocycles. The number of nitrogens with zero attached hydrogens (tertiary/aromatic N) is 6. The molecule has 1 atom stereocenters. The first-order valence-corrected chi connectivity index (χ1v) is 9.79. The maximum atomic E-state index is 12.3. The van der Waals surface area contributed by atoms with Crippen molar-refractivity contribution >= 4 is 5.91 Å². The fraction of sp³-hybridized carbons (Fsp3) is 0.600. The van der Waals surface area contributed by atoms with Gasteiger partial charge in [0.15, 0.2) is 0 Å². The molecule has 7 nitrogen and oxygen atoms in total. The van der Waals surface area contributed by atoms with Crippen molar-refractivity contribution < 1.29 is 4.79 Å². The van der Waals surface area contributed by atoms with Gasteiger partial charge in [-0.2, -0.15) is 0 Å². The smallest absolute Gasteiger partial charge is 0.219 e. The maximum absolute atomic E-state index is 12.3. The maximum Gasteiger partial charge on any atom is 0.219 e. The highest BCUT2D eigenvalue weighted by atomic mass is 16.2. The van der Waals surface area contributed by atoms with E-state index < -0.39 is 0 Å². The molecule has 0 aromatic carbocycles. The lowest BCUT2D eigenvalue weighted by atomic mass is 10.1. The lowest BCUT2D eigenvalue weighted by Crippen LogP contribution is -2.39. The van der Waals surface area contributed by atoms with Crippen LogP contribution in [0, 0.1) is 0 Å². The van der Waals surface area contributed by atoms with Crippen LogP contribution >= 0.6 is 0 Å². The molecule has 0 unspecified atom stereocenters. The third-order valence-corrected chi connectivity index (χ3v) is 5.27. The van der Waals surface area contributed by atoms with Crippen LogP contribution in [-0.2, 0) is 17.9 Å². The van der Waals surface area contributed by atoms with E-state index in [1.165, 1.54) is 6.33 Å². The van der Waals surface area contributed by atoms with Crippen molar-refractivity contribution in [3.8, 4) is 0 Å². The first-order chi connectivity index (χ1) is 13.0. The molecule has 1 saturated heterocycles. The van der Waals surface area contributed by atoms with Crippen LogP contribution in [0.2, 0.25) is 0 Å². The molecule has 0 saturated carbocycles. The number of rotatable bonds is 6. The SMILES string of the molecule is CC(=O)N(Cc1cncnc1)[C@@H]1CCCN(Cc2nccn2C(C)C)CC1. The summed E-state index contributed by atoms with van der Waals surface area (Å²) in [5.74, 6) is 1.24. The second kappa shape index (κ2) is 9.08. The molecule has 1 fully saturated rings. The van der Waals surface area contributed by atoms with Gasteiger partial charge in [-0.25, -0.2) is 15.0 Å². The van der Waals surface area contributed by atoms with Gasteiger partial charge in [-0.15, -0.1) is 0 Å². The summed E-state index contributed by atoms with van der Waals surface area (Å²) >= 11 is 0. The summed E-state index contributed by atoms with van der Waals surface area (Å²) in [5, 5.41) is 0. The van der Waals surface area contributed by atoms with E-state index >= 15 is 0 Å². The first-order valence-electron chi connectivity index (χ1n) is 9.79. The van der Waals surface area contributed by atoms with Gasteiger partial charge in [0.1, 0.15) is 12.2 Å². The molecule has 0 aliphatic carbocycles. The van der Waals surface area contributed by atoms with Crippen molar-refractivity contribution in [3.63, 3.8) is 0 Å². The van der Waals surface area contributed by atoms with Crippen molar-refractivity contribution in [2.24, 2.45) is 0 Å². The normalized spacial score (nSPS) is 18.4. The second-order valence-corrected chi connectivity index (χ2v) is 7.60. The van der Waals surface area contributed by atoms with Crippen molar-refractivity contribution in [1.29, 1.82) is 0 Å². The molecule has 146 valence electrons. The minimum absolute atomic E-state index is 0.118. The van der Waals surface area contributed by atoms with Crippen LogP contribution in [0.1, 0.15) is 57.5 Å². The van der Waals surface area contributed by atoms with Crippen LogP contribution in [0.3, 0.4) is 0 Å². The van der Waals surface area contributed by atoms with E-state index in [2.05, 4.69) is 44.5 Å². The zero-order valence-electron chi connectivity index (χ0n) is 16.6. The summed E-state index contributed by atoms with van der Waals surface area (Å²) in [6.45, 7) is 9.49. The van der Waals surface area contributed by atoms with E-state index in [0.29, 0.717) is 12.6 Å². The number of hydrogen-bond donors (Lipinski definition) is 0. The molecule has 7 heteroatoms. The quantitative estimate of drug-likeness (QED) is 0.782. The van der Waals surface area contributed by atoms with Gasteiger partial charge in [0, 0.05) is 62.4 Å². The Morgan fingerprint density at radius 3 is 2.74 bits per heavy atom. The zero-order chi connectivity index (χ0) is 19.2. The van der Waals surface area contributed by atoms with E-state index in [9.17, 15) is 4.79 Å². The van der Waals surface area contributed by atoms with Crippen LogP contribution in [-0.4, -0.2) is 54.4 Å². The highest BCUT2D eigenvalue weighted by Crippen LogP contribution is 2.21. The molecule has 0 bridgehead atoms. The standard InChI is InChI=1S/C20H30N6O/c1-16(2)25-10-7-23-20(25)14-24-8-4-5-19(6-9-24)26(17(3)27)13-18-11-21-15-22-12-18/h7,10-12,15-16,19H,4-6,8-9,13-14H2,1-3H3/t19-/m1/s1. The van der Waals surface area contributed by atoms with Crippen LogP contribution in [0.25, 0.3) is 0 Å². The molecule has 1 aliphatic rings. The van der Waals surface area contributed by atoms with Crippen LogP contribution < -0.4 is 0 Å². The average Bonchev–Trinajstić information content (AvgIpc) is 2.99. The third kappa shape index (κ3) is 5.13. The van der Waals surface area contributed by atoms with E-state index in [-0.39, 0.29) is 11.9 Å². The Bertz CT molecular complexity index is 729. The predicted molar refractivity (Wildman–Crippen MR) is 104 cm³/mol. The van der Waals surface area contributed by atoms with Gasteiger partial charge in [-0.05, 0) is 39.7 Å². The molecule has 1 amide bonds. The number of imidazole rings is 1. The number of aromatic nitrogens is 4. The number of hydrogen-bond acceptors (Lipinski definition) is 5. The average molecular weight is 371 g/mol. The predicted octanol–water partition coefficient (Wildman–Crippen LogP) is 2.66. The number of carbonyl (C=O) groups excluding carboxylic acids is 1. The Kier molecular flexibility index (Phi) is 6.55. The van der Waals surface area contributed by atoms with Gasteiger partial charge in [-0.3, -0.25) is 9.69 Å². The minimum atomic E-state index is 0.118. The van der Waals surface area contributed by atoms with E-state index in [4.69, 9.17) is 0 Å². The number of likely N-dealkylation sites (tertiary alicyclic amines) is 1. The lowest BCUT2D eigenvalue weighted by molar-refractivity contribution is -0.132. The van der Waals surface area contributed by atoms with Crippen molar-refractivity contribution in [3.05, 3.63) is 42.5 Å². The van der Waals surface area contributed by atoms with E-state index in [1.807, 2.05) is 11.1 Å². The molecule has 0 spiro atoms. The van der Waals surface area contributed by atoms with Gasteiger partial charge < -0.3 is 9.47 Å². The number of carbonyl (C=O) groups is 1. The molecular formula is C20H30N6O. The van der Waals surface area contributed by atoms with Crippen molar-refractivity contribution in [2.45, 2.75) is 65.2 Å².